The van der Waals surface area contributed by atoms with Crippen LogP contribution in [0.2, 0.25) is 5.02 Å². The van der Waals surface area contributed by atoms with Crippen molar-refractivity contribution in [3.05, 3.63) is 32.6 Å². The third kappa shape index (κ3) is 2.89. The fourth-order valence-corrected chi connectivity index (χ4v) is 1.56. The Labute approximate surface area is 105 Å². The van der Waals surface area contributed by atoms with Crippen LogP contribution in [-0.2, 0) is 16.0 Å². The fourth-order valence-electron chi connectivity index (χ4n) is 1.23. The Balaban J connectivity index is 3.32. The van der Waals surface area contributed by atoms with E-state index in [9.17, 15) is 23.7 Å². The molecule has 0 radical (unpaired) electrons. The van der Waals surface area contributed by atoms with Crippen molar-refractivity contribution in [3.63, 3.8) is 0 Å². The molecule has 0 aromatic carbocycles. The highest BCUT2D eigenvalue weighted by Crippen LogP contribution is 2.35. The van der Waals surface area contributed by atoms with Crippen molar-refractivity contribution >= 4 is 23.3 Å². The Kier molecular flexibility index (Phi) is 4.49. The van der Waals surface area contributed by atoms with Crippen molar-refractivity contribution in [1.82, 2.24) is 4.98 Å². The number of methoxy groups -OCH3 is 1. The lowest BCUT2D eigenvalue weighted by Crippen LogP contribution is -2.09. The third-order valence-electron chi connectivity index (χ3n) is 2.05. The van der Waals surface area contributed by atoms with Gasteiger partial charge in [-0.3, -0.25) is 19.9 Å². The maximum absolute atomic E-state index is 12.5. The summed E-state index contributed by atoms with van der Waals surface area (Å²) in [7, 11) is 1.09. The van der Waals surface area contributed by atoms with E-state index in [0.29, 0.717) is 0 Å². The highest BCUT2D eigenvalue weighted by atomic mass is 35.5. The Bertz CT molecular complexity index is 496. The van der Waals surface area contributed by atoms with E-state index >= 15 is 0 Å². The highest BCUT2D eigenvalue weighted by molar-refractivity contribution is 6.33. The van der Waals surface area contributed by atoms with Gasteiger partial charge in [-0.2, -0.15) is 0 Å². The summed E-state index contributed by atoms with van der Waals surface area (Å²) in [6.07, 6.45) is -2.69. The van der Waals surface area contributed by atoms with Gasteiger partial charge in [0.15, 0.2) is 0 Å². The number of pyridine rings is 1. The number of nitrogens with zero attached hydrogens (tertiary/aromatic N) is 2. The summed E-state index contributed by atoms with van der Waals surface area (Å²) in [5, 5.41) is 10.0. The van der Waals surface area contributed by atoms with Gasteiger partial charge in [-0.15, -0.1) is 0 Å². The molecule has 0 aliphatic rings. The molecule has 18 heavy (non-hydrogen) atoms. The summed E-state index contributed by atoms with van der Waals surface area (Å²) < 4.78 is 29.3. The van der Waals surface area contributed by atoms with E-state index in [0.717, 1.165) is 13.3 Å². The molecule has 1 heterocycles. The van der Waals surface area contributed by atoms with Gasteiger partial charge in [0.1, 0.15) is 10.7 Å². The van der Waals surface area contributed by atoms with E-state index in [1.807, 2.05) is 0 Å². The van der Waals surface area contributed by atoms with Crippen LogP contribution >= 0.6 is 11.6 Å². The number of aromatic nitrogens is 1. The average Bonchev–Trinajstić information content (AvgIpc) is 2.27. The van der Waals surface area contributed by atoms with Crippen LogP contribution in [0.15, 0.2) is 6.20 Å². The monoisotopic (exact) mass is 280 g/mol. The Morgan fingerprint density at radius 1 is 1.67 bits per heavy atom. The van der Waals surface area contributed by atoms with Crippen LogP contribution in [0.4, 0.5) is 14.5 Å². The highest BCUT2D eigenvalue weighted by Gasteiger charge is 2.28. The lowest BCUT2D eigenvalue weighted by molar-refractivity contribution is -0.385. The first-order valence-electron chi connectivity index (χ1n) is 4.55. The molecule has 0 saturated heterocycles. The minimum atomic E-state index is -3.04. The van der Waals surface area contributed by atoms with E-state index in [1.165, 1.54) is 0 Å². The van der Waals surface area contributed by atoms with E-state index in [4.69, 9.17) is 11.6 Å². The van der Waals surface area contributed by atoms with Gasteiger partial charge in [-0.05, 0) is 0 Å². The van der Waals surface area contributed by atoms with Gasteiger partial charge < -0.3 is 4.74 Å². The minimum absolute atomic E-state index is 0.179. The zero-order valence-corrected chi connectivity index (χ0v) is 9.78. The molecule has 0 amide bonds. The SMILES string of the molecule is COC(=O)Cc1cnc(C(F)F)c(Cl)c1[N+](=O)[O-]. The Morgan fingerprint density at radius 3 is 2.72 bits per heavy atom. The maximum Gasteiger partial charge on any atom is 0.310 e. The number of ether oxygens (including phenoxy) is 1. The summed E-state index contributed by atoms with van der Waals surface area (Å²) in [6, 6.07) is 0. The molecule has 1 aromatic rings. The molecule has 0 spiro atoms. The molecule has 98 valence electrons. The number of hydrogen-bond acceptors (Lipinski definition) is 5. The molecule has 0 aliphatic carbocycles. The summed E-state index contributed by atoms with van der Waals surface area (Å²) in [6.45, 7) is 0. The number of esters is 1. The molecule has 9 heteroatoms. The molecular weight excluding hydrogens is 274 g/mol. The second-order valence-corrected chi connectivity index (χ2v) is 3.52. The number of nitro groups is 1. The number of carbonyl (C=O) groups is 1. The van der Waals surface area contributed by atoms with E-state index < -0.39 is 40.1 Å². The molecule has 0 N–H and O–H groups in total. The predicted molar refractivity (Wildman–Crippen MR) is 56.6 cm³/mol. The largest absolute Gasteiger partial charge is 0.469 e. The van der Waals surface area contributed by atoms with Crippen LogP contribution in [0.5, 0.6) is 0 Å². The van der Waals surface area contributed by atoms with Crippen LogP contribution in [0.25, 0.3) is 0 Å². The number of alkyl halides is 2. The topological polar surface area (TPSA) is 82.3 Å². The molecule has 6 nitrogen and oxygen atoms in total. The van der Waals surface area contributed by atoms with Crippen molar-refractivity contribution in [2.24, 2.45) is 0 Å². The summed E-state index contributed by atoms with van der Waals surface area (Å²) in [4.78, 5) is 24.2. The Morgan fingerprint density at radius 2 is 2.28 bits per heavy atom. The van der Waals surface area contributed by atoms with Crippen molar-refractivity contribution in [3.8, 4) is 0 Å². The van der Waals surface area contributed by atoms with E-state index in [2.05, 4.69) is 9.72 Å². The molecule has 0 atom stereocenters. The van der Waals surface area contributed by atoms with Gasteiger partial charge >= 0.3 is 5.97 Å². The summed E-state index contributed by atoms with van der Waals surface area (Å²) in [5.41, 5.74) is -1.83. The van der Waals surface area contributed by atoms with Gasteiger partial charge in [-0.25, -0.2) is 8.78 Å². The standard InChI is InChI=1S/C9H7ClF2N2O4/c1-18-5(15)2-4-3-13-7(9(11)12)6(10)8(4)14(16)17/h3,9H,2H2,1H3. The number of hydrogen-bond donors (Lipinski definition) is 0. The van der Waals surface area contributed by atoms with E-state index in [-0.39, 0.29) is 5.56 Å². The van der Waals surface area contributed by atoms with Crippen LogP contribution in [-0.4, -0.2) is 23.0 Å². The van der Waals surface area contributed by atoms with Gasteiger partial charge in [0.05, 0.1) is 24.0 Å². The smallest absolute Gasteiger partial charge is 0.310 e. The lowest BCUT2D eigenvalue weighted by Gasteiger charge is -2.06. The van der Waals surface area contributed by atoms with Crippen molar-refractivity contribution in [1.29, 1.82) is 0 Å². The zero-order valence-electron chi connectivity index (χ0n) is 9.02. The normalized spacial score (nSPS) is 10.5. The van der Waals surface area contributed by atoms with Gasteiger partial charge in [-0.1, -0.05) is 11.6 Å². The summed E-state index contributed by atoms with van der Waals surface area (Å²) in [5.74, 6) is -0.763. The molecule has 0 aliphatic heterocycles. The van der Waals surface area contributed by atoms with Crippen LogP contribution < -0.4 is 0 Å². The van der Waals surface area contributed by atoms with Gasteiger partial charge in [0, 0.05) is 6.20 Å². The zero-order chi connectivity index (χ0) is 13.9. The van der Waals surface area contributed by atoms with Crippen molar-refractivity contribution in [2.45, 2.75) is 12.8 Å². The third-order valence-corrected chi connectivity index (χ3v) is 2.42. The second-order valence-electron chi connectivity index (χ2n) is 3.14. The molecule has 1 rings (SSSR count). The summed E-state index contributed by atoms with van der Waals surface area (Å²) >= 11 is 5.49. The quantitative estimate of drug-likeness (QED) is 0.480. The number of rotatable bonds is 4. The molecule has 0 unspecified atom stereocenters. The molecule has 0 fully saturated rings. The lowest BCUT2D eigenvalue weighted by atomic mass is 10.1. The van der Waals surface area contributed by atoms with Crippen molar-refractivity contribution in [2.75, 3.05) is 7.11 Å². The molecule has 0 bridgehead atoms. The van der Waals surface area contributed by atoms with E-state index in [1.54, 1.807) is 0 Å². The fraction of sp³-hybridized carbons (Fsp3) is 0.333. The minimum Gasteiger partial charge on any atom is -0.469 e. The Hall–Kier alpha value is -1.83. The van der Waals surface area contributed by atoms with Crippen LogP contribution in [0.1, 0.15) is 17.7 Å². The maximum atomic E-state index is 12.5. The first-order valence-corrected chi connectivity index (χ1v) is 4.92. The molecular formula is C9H7ClF2N2O4. The second kappa shape index (κ2) is 5.67. The van der Waals surface area contributed by atoms with Crippen molar-refractivity contribution < 1.29 is 23.2 Å². The van der Waals surface area contributed by atoms with Gasteiger partial charge in [0.25, 0.3) is 12.1 Å². The number of carbonyl (C=O) groups excluding carboxylic acids is 1. The average molecular weight is 281 g/mol. The van der Waals surface area contributed by atoms with Gasteiger partial charge in [0.2, 0.25) is 0 Å². The van der Waals surface area contributed by atoms with Crippen LogP contribution in [0, 0.1) is 10.1 Å². The number of halogens is 3. The first-order chi connectivity index (χ1) is 8.38. The first kappa shape index (κ1) is 14.2. The van der Waals surface area contributed by atoms with Crippen LogP contribution in [0.3, 0.4) is 0 Å². The molecule has 1 aromatic heterocycles. The predicted octanol–water partition coefficient (Wildman–Crippen LogP) is 2.30. The molecule has 0 saturated carbocycles.